The zero-order valence-corrected chi connectivity index (χ0v) is 16.7. The lowest BCUT2D eigenvalue weighted by Gasteiger charge is -2.37. The van der Waals surface area contributed by atoms with Gasteiger partial charge in [0.2, 0.25) is 0 Å². The number of carbonyl (C=O) groups is 2. The number of fused-ring (bicyclic) bond motifs is 1. The van der Waals surface area contributed by atoms with E-state index in [9.17, 15) is 18.5 Å². The number of anilines is 1. The summed E-state index contributed by atoms with van der Waals surface area (Å²) in [5.74, 6) is -0.692. The number of halogens is 2. The minimum atomic E-state index is -1.97. The second-order valence-corrected chi connectivity index (χ2v) is 7.77. The zero-order valence-electron chi connectivity index (χ0n) is 16.7. The van der Waals surface area contributed by atoms with Crippen molar-refractivity contribution in [2.75, 3.05) is 31.5 Å². The van der Waals surface area contributed by atoms with Gasteiger partial charge in [-0.05, 0) is 44.2 Å². The van der Waals surface area contributed by atoms with Gasteiger partial charge in [-0.25, -0.2) is 14.2 Å². The van der Waals surface area contributed by atoms with E-state index in [1.165, 1.54) is 12.5 Å². The van der Waals surface area contributed by atoms with E-state index in [4.69, 9.17) is 0 Å². The van der Waals surface area contributed by atoms with Crippen LogP contribution in [0.5, 0.6) is 0 Å². The Morgan fingerprint density at radius 1 is 1.38 bits per heavy atom. The van der Waals surface area contributed by atoms with E-state index in [-0.39, 0.29) is 25.9 Å². The molecule has 1 aromatic rings. The smallest absolute Gasteiger partial charge is 0.365 e. The molecular weight excluding hydrogens is 382 g/mol. The number of piperidine rings is 1. The highest BCUT2D eigenvalue weighted by Gasteiger charge is 2.43. The van der Waals surface area contributed by atoms with Gasteiger partial charge in [0.15, 0.2) is 5.67 Å². The van der Waals surface area contributed by atoms with Gasteiger partial charge < -0.3 is 10.6 Å². The average molecular weight is 410 g/mol. The third kappa shape index (κ3) is 5.20. The molecule has 0 spiro atoms. The monoisotopic (exact) mass is 410 g/mol. The Labute approximate surface area is 169 Å². The fraction of sp³-hybridized carbons (Fsp3) is 0.650. The summed E-state index contributed by atoms with van der Waals surface area (Å²) in [5.41, 5.74) is 0.210. The van der Waals surface area contributed by atoms with Crippen molar-refractivity contribution in [1.82, 2.24) is 15.2 Å². The maximum absolute atomic E-state index is 15.0. The van der Waals surface area contributed by atoms with E-state index in [1.807, 2.05) is 6.07 Å². The summed E-state index contributed by atoms with van der Waals surface area (Å²) < 4.78 is 27.0. The summed E-state index contributed by atoms with van der Waals surface area (Å²) in [4.78, 5) is 33.0. The fourth-order valence-electron chi connectivity index (χ4n) is 3.84. The Kier molecular flexibility index (Phi) is 7.00. The van der Waals surface area contributed by atoms with Crippen LogP contribution in [-0.4, -0.2) is 59.6 Å². The maximum Gasteiger partial charge on any atom is 0.365 e. The van der Waals surface area contributed by atoms with Crippen LogP contribution in [0.4, 0.5) is 14.7 Å². The van der Waals surface area contributed by atoms with Crippen LogP contribution < -0.4 is 10.6 Å². The number of aromatic nitrogens is 1. The number of hydrogen-bond acceptors (Lipinski definition) is 6. The molecular formula is C20H28F2N4O3. The van der Waals surface area contributed by atoms with Crippen LogP contribution in [-0.2, 0) is 27.4 Å². The lowest BCUT2D eigenvalue weighted by atomic mass is 9.91. The Morgan fingerprint density at radius 2 is 2.14 bits per heavy atom. The molecule has 1 fully saturated rings. The number of pyridine rings is 1. The molecule has 2 N–H and O–H groups in total. The van der Waals surface area contributed by atoms with Crippen LogP contribution in [0.25, 0.3) is 0 Å². The number of likely N-dealkylation sites (tertiary alicyclic amines) is 1. The molecule has 160 valence electrons. The number of aryl methyl sites for hydroxylation is 2. The summed E-state index contributed by atoms with van der Waals surface area (Å²) >= 11 is 0. The third-order valence-corrected chi connectivity index (χ3v) is 5.81. The summed E-state index contributed by atoms with van der Waals surface area (Å²) in [5, 5.41) is 5.97. The van der Waals surface area contributed by atoms with E-state index in [0.29, 0.717) is 19.4 Å². The van der Waals surface area contributed by atoms with E-state index in [0.717, 1.165) is 30.9 Å². The standard InChI is InChI=1S/C20H28F2N4O3/c1-14(18(27)29-22)26-12-8-20(21,9-13-26)19(28)24-11-3-5-16-7-6-15-4-2-10-23-17(15)25-16/h6-7,14H,2-5,8-13H2,1H3,(H,23,25)(H,24,28). The van der Waals surface area contributed by atoms with Crippen LogP contribution in [0.2, 0.25) is 0 Å². The normalized spacial score (nSPS) is 19.6. The van der Waals surface area contributed by atoms with Gasteiger partial charge >= 0.3 is 5.97 Å². The molecule has 0 aromatic carbocycles. The molecule has 9 heteroatoms. The van der Waals surface area contributed by atoms with E-state index >= 15 is 0 Å². The molecule has 1 amide bonds. The maximum atomic E-state index is 15.0. The molecule has 3 heterocycles. The molecule has 1 unspecified atom stereocenters. The topological polar surface area (TPSA) is 83.6 Å². The molecule has 0 aliphatic carbocycles. The second kappa shape index (κ2) is 9.47. The van der Waals surface area contributed by atoms with E-state index in [2.05, 4.69) is 26.6 Å². The van der Waals surface area contributed by atoms with Crippen molar-refractivity contribution in [2.45, 2.75) is 57.2 Å². The van der Waals surface area contributed by atoms with Crippen LogP contribution in [0, 0.1) is 0 Å². The molecule has 0 saturated carbocycles. The molecule has 2 aliphatic rings. The highest BCUT2D eigenvalue weighted by molar-refractivity contribution is 5.85. The number of hydrogen-bond donors (Lipinski definition) is 2. The van der Waals surface area contributed by atoms with Crippen molar-refractivity contribution in [1.29, 1.82) is 0 Å². The zero-order chi connectivity index (χ0) is 20.9. The first-order valence-corrected chi connectivity index (χ1v) is 10.2. The Balaban J connectivity index is 1.41. The first-order valence-electron chi connectivity index (χ1n) is 10.2. The van der Waals surface area contributed by atoms with Gasteiger partial charge in [0, 0.05) is 49.2 Å². The first-order chi connectivity index (χ1) is 13.9. The molecule has 0 radical (unpaired) electrons. The number of carbonyl (C=O) groups excluding carboxylic acids is 2. The van der Waals surface area contributed by atoms with Gasteiger partial charge in [0.1, 0.15) is 11.9 Å². The van der Waals surface area contributed by atoms with Crippen molar-refractivity contribution >= 4 is 17.7 Å². The van der Waals surface area contributed by atoms with Gasteiger partial charge in [-0.1, -0.05) is 6.07 Å². The molecule has 2 aliphatic heterocycles. The Bertz CT molecular complexity index is 738. The quantitative estimate of drug-likeness (QED) is 0.670. The minimum Gasteiger partial charge on any atom is -0.370 e. The molecule has 29 heavy (non-hydrogen) atoms. The lowest BCUT2D eigenvalue weighted by Crippen LogP contribution is -2.54. The van der Waals surface area contributed by atoms with Gasteiger partial charge in [-0.15, -0.1) is 0 Å². The summed E-state index contributed by atoms with van der Waals surface area (Å²) in [6.45, 7) is 3.17. The predicted molar refractivity (Wildman–Crippen MR) is 104 cm³/mol. The van der Waals surface area contributed by atoms with Gasteiger partial charge in [0.25, 0.3) is 5.91 Å². The first kappa shape index (κ1) is 21.4. The minimum absolute atomic E-state index is 0.0409. The number of amides is 1. The van der Waals surface area contributed by atoms with E-state index in [1.54, 1.807) is 4.90 Å². The second-order valence-electron chi connectivity index (χ2n) is 7.77. The van der Waals surface area contributed by atoms with Gasteiger partial charge in [-0.3, -0.25) is 14.6 Å². The molecule has 7 nitrogen and oxygen atoms in total. The molecule has 1 aromatic heterocycles. The van der Waals surface area contributed by atoms with Crippen molar-refractivity contribution in [3.05, 3.63) is 23.4 Å². The molecule has 3 rings (SSSR count). The number of alkyl halides is 1. The fourth-order valence-corrected chi connectivity index (χ4v) is 3.84. The van der Waals surface area contributed by atoms with Crippen LogP contribution >= 0.6 is 0 Å². The summed E-state index contributed by atoms with van der Waals surface area (Å²) in [6, 6.07) is 3.29. The van der Waals surface area contributed by atoms with Crippen molar-refractivity contribution < 1.29 is 23.4 Å². The van der Waals surface area contributed by atoms with Crippen molar-refractivity contribution in [3.63, 3.8) is 0 Å². The molecule has 1 saturated heterocycles. The Morgan fingerprint density at radius 3 is 2.86 bits per heavy atom. The van der Waals surface area contributed by atoms with Crippen molar-refractivity contribution in [3.8, 4) is 0 Å². The van der Waals surface area contributed by atoms with Crippen LogP contribution in [0.3, 0.4) is 0 Å². The van der Waals surface area contributed by atoms with Crippen LogP contribution in [0.15, 0.2) is 12.1 Å². The lowest BCUT2D eigenvalue weighted by molar-refractivity contribution is -0.190. The molecule has 1 atom stereocenters. The average Bonchev–Trinajstić information content (AvgIpc) is 2.75. The van der Waals surface area contributed by atoms with Crippen molar-refractivity contribution in [2.24, 2.45) is 0 Å². The number of rotatable bonds is 7. The van der Waals surface area contributed by atoms with E-state index < -0.39 is 23.6 Å². The van der Waals surface area contributed by atoms with Gasteiger partial charge in [-0.2, -0.15) is 0 Å². The van der Waals surface area contributed by atoms with Crippen LogP contribution in [0.1, 0.15) is 43.9 Å². The third-order valence-electron chi connectivity index (χ3n) is 5.81. The number of nitrogens with zero attached hydrogens (tertiary/aromatic N) is 2. The van der Waals surface area contributed by atoms with Gasteiger partial charge in [0.05, 0.1) is 0 Å². The summed E-state index contributed by atoms with van der Waals surface area (Å²) in [6.07, 6.45) is 3.43. The SMILES string of the molecule is CC(C(=O)OF)N1CCC(F)(C(=O)NCCCc2ccc3c(n2)NCCC3)CC1. The predicted octanol–water partition coefficient (Wildman–Crippen LogP) is 2.11. The summed E-state index contributed by atoms with van der Waals surface area (Å²) in [7, 11) is 0. The molecule has 0 bridgehead atoms. The number of nitrogens with one attached hydrogen (secondary N) is 2. The highest BCUT2D eigenvalue weighted by Crippen LogP contribution is 2.28. The highest BCUT2D eigenvalue weighted by atomic mass is 19.3. The Hall–Kier alpha value is -2.29. The largest absolute Gasteiger partial charge is 0.370 e.